The van der Waals surface area contributed by atoms with E-state index in [1.54, 1.807) is 25.3 Å². The SMILES string of the molecule is CCCCN(CCCC)C(=O)c1ccc(OC)c(N)c1. The average Bonchev–Trinajstić information content (AvgIpc) is 2.46. The molecule has 0 unspecified atom stereocenters. The van der Waals surface area contributed by atoms with E-state index < -0.39 is 0 Å². The van der Waals surface area contributed by atoms with Gasteiger partial charge in [-0.05, 0) is 31.0 Å². The van der Waals surface area contributed by atoms with Crippen LogP contribution in [0, 0.1) is 0 Å². The van der Waals surface area contributed by atoms with Gasteiger partial charge < -0.3 is 15.4 Å². The Hall–Kier alpha value is -1.71. The summed E-state index contributed by atoms with van der Waals surface area (Å²) in [4.78, 5) is 14.5. The zero-order valence-corrected chi connectivity index (χ0v) is 12.8. The number of nitrogen functional groups attached to an aromatic ring is 1. The molecule has 0 aliphatic rings. The molecular formula is C16H26N2O2. The number of carbonyl (C=O) groups excluding carboxylic acids is 1. The van der Waals surface area contributed by atoms with Crippen molar-refractivity contribution >= 4 is 11.6 Å². The maximum absolute atomic E-state index is 12.5. The van der Waals surface area contributed by atoms with E-state index >= 15 is 0 Å². The number of methoxy groups -OCH3 is 1. The second-order valence-corrected chi connectivity index (χ2v) is 4.96. The zero-order chi connectivity index (χ0) is 15.0. The monoisotopic (exact) mass is 278 g/mol. The molecule has 1 amide bonds. The zero-order valence-electron chi connectivity index (χ0n) is 12.8. The van der Waals surface area contributed by atoms with Crippen LogP contribution in [-0.4, -0.2) is 31.0 Å². The van der Waals surface area contributed by atoms with E-state index in [0.717, 1.165) is 38.8 Å². The molecule has 1 aromatic rings. The van der Waals surface area contributed by atoms with Crippen molar-refractivity contribution in [2.45, 2.75) is 39.5 Å². The molecule has 20 heavy (non-hydrogen) atoms. The molecule has 0 spiro atoms. The Morgan fingerprint density at radius 1 is 1.20 bits per heavy atom. The van der Waals surface area contributed by atoms with E-state index in [0.29, 0.717) is 17.0 Å². The van der Waals surface area contributed by atoms with E-state index in [1.165, 1.54) is 0 Å². The van der Waals surface area contributed by atoms with Crippen molar-refractivity contribution in [3.63, 3.8) is 0 Å². The van der Waals surface area contributed by atoms with Crippen LogP contribution in [0.2, 0.25) is 0 Å². The molecule has 112 valence electrons. The molecule has 0 aliphatic carbocycles. The highest BCUT2D eigenvalue weighted by Gasteiger charge is 2.16. The molecule has 0 bridgehead atoms. The fraction of sp³-hybridized carbons (Fsp3) is 0.562. The summed E-state index contributed by atoms with van der Waals surface area (Å²) in [5, 5.41) is 0. The number of amides is 1. The Morgan fingerprint density at radius 2 is 1.80 bits per heavy atom. The van der Waals surface area contributed by atoms with Crippen molar-refractivity contribution in [1.82, 2.24) is 4.90 Å². The molecule has 0 saturated carbocycles. The first kappa shape index (κ1) is 16.3. The molecule has 4 nitrogen and oxygen atoms in total. The average molecular weight is 278 g/mol. The summed E-state index contributed by atoms with van der Waals surface area (Å²) in [6.07, 6.45) is 4.23. The first-order valence-electron chi connectivity index (χ1n) is 7.36. The van der Waals surface area contributed by atoms with E-state index in [-0.39, 0.29) is 5.91 Å². The lowest BCUT2D eigenvalue weighted by atomic mass is 10.1. The van der Waals surface area contributed by atoms with Gasteiger partial charge in [0.15, 0.2) is 0 Å². The number of anilines is 1. The fourth-order valence-corrected chi connectivity index (χ4v) is 2.06. The van der Waals surface area contributed by atoms with Crippen LogP contribution in [0.4, 0.5) is 5.69 Å². The summed E-state index contributed by atoms with van der Waals surface area (Å²) in [5.74, 6) is 0.663. The van der Waals surface area contributed by atoms with Gasteiger partial charge in [-0.25, -0.2) is 0 Å². The normalized spacial score (nSPS) is 10.3. The van der Waals surface area contributed by atoms with Crippen LogP contribution in [0.25, 0.3) is 0 Å². The van der Waals surface area contributed by atoms with Gasteiger partial charge >= 0.3 is 0 Å². The third-order valence-corrected chi connectivity index (χ3v) is 3.33. The Morgan fingerprint density at radius 3 is 2.25 bits per heavy atom. The predicted octanol–water partition coefficient (Wildman–Crippen LogP) is 3.32. The summed E-state index contributed by atoms with van der Waals surface area (Å²) >= 11 is 0. The van der Waals surface area contributed by atoms with Crippen LogP contribution in [0.5, 0.6) is 5.75 Å². The molecule has 0 saturated heterocycles. The topological polar surface area (TPSA) is 55.6 Å². The molecule has 0 heterocycles. The highest BCUT2D eigenvalue weighted by atomic mass is 16.5. The van der Waals surface area contributed by atoms with Gasteiger partial charge in [0.05, 0.1) is 12.8 Å². The lowest BCUT2D eigenvalue weighted by molar-refractivity contribution is 0.0751. The second-order valence-electron chi connectivity index (χ2n) is 4.96. The Bertz CT molecular complexity index is 424. The van der Waals surface area contributed by atoms with Gasteiger partial charge in [0, 0.05) is 18.7 Å². The van der Waals surface area contributed by atoms with E-state index in [9.17, 15) is 4.79 Å². The number of hydrogen-bond donors (Lipinski definition) is 1. The maximum Gasteiger partial charge on any atom is 0.253 e. The molecule has 1 aromatic carbocycles. The first-order chi connectivity index (χ1) is 9.63. The molecule has 0 aliphatic heterocycles. The van der Waals surface area contributed by atoms with Crippen molar-refractivity contribution in [2.24, 2.45) is 0 Å². The number of hydrogen-bond acceptors (Lipinski definition) is 3. The smallest absolute Gasteiger partial charge is 0.253 e. The molecule has 2 N–H and O–H groups in total. The third kappa shape index (κ3) is 4.44. The van der Waals surface area contributed by atoms with Crippen molar-refractivity contribution in [2.75, 3.05) is 25.9 Å². The summed E-state index contributed by atoms with van der Waals surface area (Å²) < 4.78 is 5.12. The number of rotatable bonds is 8. The summed E-state index contributed by atoms with van der Waals surface area (Å²) in [5.41, 5.74) is 7.01. The second kappa shape index (κ2) is 8.46. The van der Waals surface area contributed by atoms with Gasteiger partial charge in [-0.2, -0.15) is 0 Å². The number of nitrogens with zero attached hydrogens (tertiary/aromatic N) is 1. The molecule has 4 heteroatoms. The van der Waals surface area contributed by atoms with Crippen molar-refractivity contribution in [3.8, 4) is 5.75 Å². The summed E-state index contributed by atoms with van der Waals surface area (Å²) in [7, 11) is 1.57. The number of nitrogens with two attached hydrogens (primary N) is 1. The molecular weight excluding hydrogens is 252 g/mol. The molecule has 1 rings (SSSR count). The predicted molar refractivity (Wildman–Crippen MR) is 83.1 cm³/mol. The van der Waals surface area contributed by atoms with Gasteiger partial charge in [0.2, 0.25) is 0 Å². The van der Waals surface area contributed by atoms with Crippen LogP contribution in [0.15, 0.2) is 18.2 Å². The number of unbranched alkanes of at least 4 members (excludes halogenated alkanes) is 2. The van der Waals surface area contributed by atoms with Crippen LogP contribution >= 0.6 is 0 Å². The molecule has 0 atom stereocenters. The van der Waals surface area contributed by atoms with Gasteiger partial charge in [0.25, 0.3) is 5.91 Å². The van der Waals surface area contributed by atoms with Crippen molar-refractivity contribution in [3.05, 3.63) is 23.8 Å². The minimum atomic E-state index is 0.0567. The quantitative estimate of drug-likeness (QED) is 0.742. The highest BCUT2D eigenvalue weighted by molar-refractivity contribution is 5.95. The van der Waals surface area contributed by atoms with E-state index in [4.69, 9.17) is 10.5 Å². The number of benzene rings is 1. The fourth-order valence-electron chi connectivity index (χ4n) is 2.06. The van der Waals surface area contributed by atoms with Crippen molar-refractivity contribution < 1.29 is 9.53 Å². The lowest BCUT2D eigenvalue weighted by Gasteiger charge is -2.22. The van der Waals surface area contributed by atoms with Gasteiger partial charge in [0.1, 0.15) is 5.75 Å². The Balaban J connectivity index is 2.84. The number of carbonyl (C=O) groups is 1. The van der Waals surface area contributed by atoms with Gasteiger partial charge in [-0.1, -0.05) is 26.7 Å². The van der Waals surface area contributed by atoms with Crippen LogP contribution in [-0.2, 0) is 0 Å². The van der Waals surface area contributed by atoms with Crippen molar-refractivity contribution in [1.29, 1.82) is 0 Å². The van der Waals surface area contributed by atoms with Crippen LogP contribution < -0.4 is 10.5 Å². The number of ether oxygens (including phenoxy) is 1. The van der Waals surface area contributed by atoms with Gasteiger partial charge in [-0.3, -0.25) is 4.79 Å². The molecule has 0 aromatic heterocycles. The van der Waals surface area contributed by atoms with Crippen LogP contribution in [0.3, 0.4) is 0 Å². The Labute approximate surface area is 121 Å². The van der Waals surface area contributed by atoms with Gasteiger partial charge in [-0.15, -0.1) is 0 Å². The van der Waals surface area contributed by atoms with E-state index in [2.05, 4.69) is 13.8 Å². The lowest BCUT2D eigenvalue weighted by Crippen LogP contribution is -2.33. The first-order valence-corrected chi connectivity index (χ1v) is 7.36. The summed E-state index contributed by atoms with van der Waals surface area (Å²) in [6, 6.07) is 5.23. The highest BCUT2D eigenvalue weighted by Crippen LogP contribution is 2.22. The molecule has 0 fully saturated rings. The minimum absolute atomic E-state index is 0.0567. The molecule has 0 radical (unpaired) electrons. The van der Waals surface area contributed by atoms with Crippen LogP contribution in [0.1, 0.15) is 49.9 Å². The standard InChI is InChI=1S/C16H26N2O2/c1-4-6-10-18(11-7-5-2)16(19)13-8-9-15(20-3)14(17)12-13/h8-9,12H,4-7,10-11,17H2,1-3H3. The van der Waals surface area contributed by atoms with E-state index in [1.807, 2.05) is 4.90 Å². The largest absolute Gasteiger partial charge is 0.495 e. The Kier molecular flexibility index (Phi) is 6.91. The minimum Gasteiger partial charge on any atom is -0.495 e. The maximum atomic E-state index is 12.5. The third-order valence-electron chi connectivity index (χ3n) is 3.33. The summed E-state index contributed by atoms with van der Waals surface area (Å²) in [6.45, 7) is 5.88.